The average molecular weight is 263 g/mol. The number of nitrogens with zero attached hydrogens (tertiary/aromatic N) is 2. The molecule has 0 amide bonds. The van der Waals surface area contributed by atoms with Gasteiger partial charge in [0.05, 0.1) is 5.75 Å². The van der Waals surface area contributed by atoms with Crippen molar-refractivity contribution in [3.63, 3.8) is 0 Å². The van der Waals surface area contributed by atoms with Gasteiger partial charge in [-0.3, -0.25) is 0 Å². The Morgan fingerprint density at radius 1 is 1.39 bits per heavy atom. The zero-order chi connectivity index (χ0) is 12.8. The van der Waals surface area contributed by atoms with Gasteiger partial charge in [-0.2, -0.15) is 4.98 Å². The maximum Gasteiger partial charge on any atom is 0.226 e. The molecule has 0 bridgehead atoms. The highest BCUT2D eigenvalue weighted by Crippen LogP contribution is 2.22. The van der Waals surface area contributed by atoms with Crippen LogP contribution in [-0.4, -0.2) is 10.1 Å². The third-order valence-corrected chi connectivity index (χ3v) is 3.47. The van der Waals surface area contributed by atoms with Gasteiger partial charge in [-0.1, -0.05) is 24.2 Å². The summed E-state index contributed by atoms with van der Waals surface area (Å²) < 4.78 is 5.14. The zero-order valence-corrected chi connectivity index (χ0v) is 11.2. The molecule has 0 unspecified atom stereocenters. The van der Waals surface area contributed by atoms with Crippen LogP contribution in [0, 0.1) is 0 Å². The van der Waals surface area contributed by atoms with Crippen molar-refractivity contribution in [3.8, 4) is 0 Å². The molecule has 4 nitrogen and oxygen atoms in total. The monoisotopic (exact) mass is 263 g/mol. The largest absolute Gasteiger partial charge is 0.339 e. The van der Waals surface area contributed by atoms with Gasteiger partial charge in [0.25, 0.3) is 0 Å². The lowest BCUT2D eigenvalue weighted by Gasteiger charge is -2.01. The molecule has 0 aliphatic rings. The summed E-state index contributed by atoms with van der Waals surface area (Å²) in [6, 6.07) is 8.20. The molecular weight excluding hydrogens is 246 g/mol. The highest BCUT2D eigenvalue weighted by Gasteiger charge is 2.06. The quantitative estimate of drug-likeness (QED) is 0.812. The first-order valence-corrected chi connectivity index (χ1v) is 7.03. The van der Waals surface area contributed by atoms with Crippen molar-refractivity contribution in [2.75, 3.05) is 0 Å². The lowest BCUT2D eigenvalue weighted by molar-refractivity contribution is 0.373. The summed E-state index contributed by atoms with van der Waals surface area (Å²) in [5.41, 5.74) is 6.75. The fraction of sp³-hybridized carbons (Fsp3) is 0.385. The van der Waals surface area contributed by atoms with Crippen LogP contribution in [0.15, 0.2) is 33.7 Å². The smallest absolute Gasteiger partial charge is 0.226 e. The van der Waals surface area contributed by atoms with Crippen LogP contribution in [0.25, 0.3) is 0 Å². The van der Waals surface area contributed by atoms with Crippen molar-refractivity contribution in [3.05, 3.63) is 41.5 Å². The second-order valence-corrected chi connectivity index (χ2v) is 5.04. The van der Waals surface area contributed by atoms with Gasteiger partial charge in [0.1, 0.15) is 0 Å². The van der Waals surface area contributed by atoms with Crippen molar-refractivity contribution in [2.24, 2.45) is 5.73 Å². The Kier molecular flexibility index (Phi) is 4.78. The standard InChI is InChI=1S/C13H17N3OS/c1-2-4-13-15-12(16-17-13)9-18-11-6-3-5-10(7-11)8-14/h3,5-7H,2,4,8-9,14H2,1H3. The highest BCUT2D eigenvalue weighted by atomic mass is 32.2. The van der Waals surface area contributed by atoms with E-state index in [1.165, 1.54) is 4.90 Å². The Morgan fingerprint density at radius 2 is 2.28 bits per heavy atom. The molecular formula is C13H17N3OS. The summed E-state index contributed by atoms with van der Waals surface area (Å²) in [5, 5.41) is 3.96. The number of rotatable bonds is 6. The van der Waals surface area contributed by atoms with E-state index in [0.29, 0.717) is 6.54 Å². The molecule has 18 heavy (non-hydrogen) atoms. The minimum absolute atomic E-state index is 0.567. The molecule has 0 aliphatic carbocycles. The van der Waals surface area contributed by atoms with E-state index in [-0.39, 0.29) is 0 Å². The predicted octanol–water partition coefficient (Wildman–Crippen LogP) is 2.77. The van der Waals surface area contributed by atoms with E-state index in [4.69, 9.17) is 10.3 Å². The van der Waals surface area contributed by atoms with Crippen LogP contribution in [-0.2, 0) is 18.7 Å². The lowest BCUT2D eigenvalue weighted by atomic mass is 10.2. The molecule has 0 radical (unpaired) electrons. The molecule has 5 heteroatoms. The van der Waals surface area contributed by atoms with E-state index in [1.54, 1.807) is 11.8 Å². The zero-order valence-electron chi connectivity index (χ0n) is 10.4. The number of hydrogen-bond acceptors (Lipinski definition) is 5. The van der Waals surface area contributed by atoms with Crippen LogP contribution in [0.5, 0.6) is 0 Å². The van der Waals surface area contributed by atoms with Gasteiger partial charge in [0, 0.05) is 17.9 Å². The first-order chi connectivity index (χ1) is 8.81. The maximum absolute atomic E-state index is 5.61. The highest BCUT2D eigenvalue weighted by molar-refractivity contribution is 7.98. The number of hydrogen-bond donors (Lipinski definition) is 1. The van der Waals surface area contributed by atoms with Crippen LogP contribution in [0.1, 0.15) is 30.6 Å². The van der Waals surface area contributed by atoms with Crippen LogP contribution in [0.4, 0.5) is 0 Å². The molecule has 0 saturated heterocycles. The fourth-order valence-corrected chi connectivity index (χ4v) is 2.40. The van der Waals surface area contributed by atoms with Crippen LogP contribution in [0.2, 0.25) is 0 Å². The summed E-state index contributed by atoms with van der Waals surface area (Å²) in [5.74, 6) is 2.20. The van der Waals surface area contributed by atoms with Crippen LogP contribution >= 0.6 is 11.8 Å². The van der Waals surface area contributed by atoms with Crippen LogP contribution in [0.3, 0.4) is 0 Å². The van der Waals surface area contributed by atoms with Gasteiger partial charge in [-0.05, 0) is 24.1 Å². The molecule has 0 saturated carbocycles. The fourth-order valence-electron chi connectivity index (χ4n) is 1.57. The average Bonchev–Trinajstić information content (AvgIpc) is 2.85. The molecule has 2 rings (SSSR count). The summed E-state index contributed by atoms with van der Waals surface area (Å²) in [7, 11) is 0. The third kappa shape index (κ3) is 3.58. The number of aromatic nitrogens is 2. The van der Waals surface area contributed by atoms with Gasteiger partial charge < -0.3 is 10.3 Å². The SMILES string of the molecule is CCCc1nc(CSc2cccc(CN)c2)no1. The Labute approximate surface area is 111 Å². The molecule has 0 aliphatic heterocycles. The molecule has 96 valence electrons. The Morgan fingerprint density at radius 3 is 3.06 bits per heavy atom. The molecule has 1 heterocycles. The number of aryl methyl sites for hydroxylation is 1. The van der Waals surface area contributed by atoms with Crippen molar-refractivity contribution >= 4 is 11.8 Å². The number of thioether (sulfide) groups is 1. The van der Waals surface area contributed by atoms with Gasteiger partial charge >= 0.3 is 0 Å². The summed E-state index contributed by atoms with van der Waals surface area (Å²) in [6.45, 7) is 2.66. The molecule has 0 atom stereocenters. The number of benzene rings is 1. The van der Waals surface area contributed by atoms with Crippen LogP contribution < -0.4 is 5.73 Å². The van der Waals surface area contributed by atoms with Gasteiger partial charge in [0.15, 0.2) is 5.82 Å². The predicted molar refractivity (Wildman–Crippen MR) is 72.2 cm³/mol. The Balaban J connectivity index is 1.93. The van der Waals surface area contributed by atoms with E-state index in [0.717, 1.165) is 35.9 Å². The van der Waals surface area contributed by atoms with Crippen molar-refractivity contribution in [2.45, 2.75) is 37.0 Å². The van der Waals surface area contributed by atoms with Crippen molar-refractivity contribution in [1.29, 1.82) is 0 Å². The molecule has 2 N–H and O–H groups in total. The second kappa shape index (κ2) is 6.56. The van der Waals surface area contributed by atoms with E-state index >= 15 is 0 Å². The summed E-state index contributed by atoms with van der Waals surface area (Å²) in [4.78, 5) is 5.51. The molecule has 1 aromatic carbocycles. The normalized spacial score (nSPS) is 10.8. The first-order valence-electron chi connectivity index (χ1n) is 6.05. The van der Waals surface area contributed by atoms with E-state index in [1.807, 2.05) is 12.1 Å². The van der Waals surface area contributed by atoms with E-state index in [9.17, 15) is 0 Å². The Hall–Kier alpha value is -1.33. The topological polar surface area (TPSA) is 64.9 Å². The molecule has 1 aromatic heterocycles. The first kappa shape index (κ1) is 13.1. The molecule has 0 fully saturated rings. The molecule has 0 spiro atoms. The van der Waals surface area contributed by atoms with E-state index in [2.05, 4.69) is 29.2 Å². The second-order valence-electron chi connectivity index (χ2n) is 3.99. The number of nitrogens with two attached hydrogens (primary N) is 1. The van der Waals surface area contributed by atoms with Crippen molar-refractivity contribution in [1.82, 2.24) is 10.1 Å². The summed E-state index contributed by atoms with van der Waals surface area (Å²) in [6.07, 6.45) is 1.87. The Bertz CT molecular complexity index is 498. The van der Waals surface area contributed by atoms with E-state index < -0.39 is 0 Å². The minimum Gasteiger partial charge on any atom is -0.339 e. The minimum atomic E-state index is 0.567. The van der Waals surface area contributed by atoms with Gasteiger partial charge in [-0.15, -0.1) is 11.8 Å². The molecule has 2 aromatic rings. The third-order valence-electron chi connectivity index (χ3n) is 2.48. The van der Waals surface area contributed by atoms with Gasteiger partial charge in [-0.25, -0.2) is 0 Å². The van der Waals surface area contributed by atoms with Crippen molar-refractivity contribution < 1.29 is 4.52 Å². The maximum atomic E-state index is 5.61. The van der Waals surface area contributed by atoms with Gasteiger partial charge in [0.2, 0.25) is 5.89 Å². The lowest BCUT2D eigenvalue weighted by Crippen LogP contribution is -1.95. The summed E-state index contributed by atoms with van der Waals surface area (Å²) >= 11 is 1.69.